The van der Waals surface area contributed by atoms with Gasteiger partial charge in [0.1, 0.15) is 17.6 Å². The molecule has 0 amide bonds. The van der Waals surface area contributed by atoms with Crippen LogP contribution in [0, 0.1) is 0 Å². The summed E-state index contributed by atoms with van der Waals surface area (Å²) in [6.07, 6.45) is 4.88. The summed E-state index contributed by atoms with van der Waals surface area (Å²) < 4.78 is 11.4. The van der Waals surface area contributed by atoms with Gasteiger partial charge in [0.2, 0.25) is 0 Å². The largest absolute Gasteiger partial charge is 0.493 e. The third-order valence-corrected chi connectivity index (χ3v) is 3.85. The van der Waals surface area contributed by atoms with Crippen molar-refractivity contribution in [2.45, 2.75) is 26.2 Å². The van der Waals surface area contributed by atoms with Crippen molar-refractivity contribution in [2.24, 2.45) is 0 Å². The Kier molecular flexibility index (Phi) is 4.77. The van der Waals surface area contributed by atoms with Gasteiger partial charge in [-0.3, -0.25) is 4.79 Å². The van der Waals surface area contributed by atoms with Crippen LogP contribution in [0.2, 0.25) is 0 Å². The highest BCUT2D eigenvalue weighted by molar-refractivity contribution is 5.82. The smallest absolute Gasteiger partial charge is 0.200 e. The first kappa shape index (κ1) is 15.3. The molecule has 2 aromatic carbocycles. The molecular weight excluding hydrogens is 288 g/mol. The summed E-state index contributed by atoms with van der Waals surface area (Å²) in [5.41, 5.74) is 1.98. The van der Waals surface area contributed by atoms with E-state index in [0.717, 1.165) is 30.6 Å². The number of fused-ring (bicyclic) bond motifs is 1. The molecule has 3 aromatic rings. The van der Waals surface area contributed by atoms with E-state index in [2.05, 4.69) is 6.92 Å². The van der Waals surface area contributed by atoms with Gasteiger partial charge in [-0.2, -0.15) is 0 Å². The van der Waals surface area contributed by atoms with Crippen molar-refractivity contribution in [1.82, 2.24) is 0 Å². The van der Waals surface area contributed by atoms with Crippen molar-refractivity contribution in [1.29, 1.82) is 0 Å². The summed E-state index contributed by atoms with van der Waals surface area (Å²) in [6.45, 7) is 2.85. The summed E-state index contributed by atoms with van der Waals surface area (Å²) in [7, 11) is 0. The van der Waals surface area contributed by atoms with Crippen LogP contribution >= 0.6 is 0 Å². The number of ether oxygens (including phenoxy) is 1. The predicted molar refractivity (Wildman–Crippen MR) is 92.9 cm³/mol. The first-order valence-electron chi connectivity index (χ1n) is 8.03. The second kappa shape index (κ2) is 7.14. The standard InChI is InChI=1S/C20H20O3/c1-2-3-7-12-22-16-10-11-17-19(13-16)23-14-18(20(17)21)15-8-5-4-6-9-15/h4-6,8-11,13-14H,2-3,7,12H2,1H3. The van der Waals surface area contributed by atoms with Crippen molar-refractivity contribution in [3.05, 3.63) is 65.0 Å². The van der Waals surface area contributed by atoms with Crippen molar-refractivity contribution >= 4 is 11.0 Å². The fraction of sp³-hybridized carbons (Fsp3) is 0.250. The summed E-state index contributed by atoms with van der Waals surface area (Å²) in [5.74, 6) is 0.740. The van der Waals surface area contributed by atoms with E-state index in [1.807, 2.05) is 36.4 Å². The summed E-state index contributed by atoms with van der Waals surface area (Å²) in [5, 5.41) is 0.576. The normalized spacial score (nSPS) is 10.8. The lowest BCUT2D eigenvalue weighted by atomic mass is 10.1. The van der Waals surface area contributed by atoms with Gasteiger partial charge in [0.05, 0.1) is 17.6 Å². The van der Waals surface area contributed by atoms with Gasteiger partial charge in [-0.1, -0.05) is 50.1 Å². The average Bonchev–Trinajstić information content (AvgIpc) is 2.60. The lowest BCUT2D eigenvalue weighted by molar-refractivity contribution is 0.306. The lowest BCUT2D eigenvalue weighted by Gasteiger charge is -2.07. The second-order valence-electron chi connectivity index (χ2n) is 5.56. The molecule has 0 aliphatic rings. The molecule has 0 aliphatic carbocycles. The first-order valence-corrected chi connectivity index (χ1v) is 8.03. The maximum Gasteiger partial charge on any atom is 0.200 e. The van der Waals surface area contributed by atoms with Gasteiger partial charge in [0, 0.05) is 6.07 Å². The second-order valence-corrected chi connectivity index (χ2v) is 5.56. The zero-order valence-corrected chi connectivity index (χ0v) is 13.2. The van der Waals surface area contributed by atoms with Crippen LogP contribution in [0.25, 0.3) is 22.1 Å². The molecule has 0 aliphatic heterocycles. The van der Waals surface area contributed by atoms with E-state index in [0.29, 0.717) is 23.1 Å². The predicted octanol–water partition coefficient (Wildman–Crippen LogP) is 5.03. The van der Waals surface area contributed by atoms with E-state index in [1.54, 1.807) is 12.1 Å². The molecule has 0 N–H and O–H groups in total. The molecule has 1 heterocycles. The highest BCUT2D eigenvalue weighted by Gasteiger charge is 2.09. The van der Waals surface area contributed by atoms with E-state index in [-0.39, 0.29) is 5.43 Å². The SMILES string of the molecule is CCCCCOc1ccc2c(=O)c(-c3ccccc3)coc2c1. The van der Waals surface area contributed by atoms with Crippen LogP contribution in [0.4, 0.5) is 0 Å². The summed E-state index contributed by atoms with van der Waals surface area (Å²) in [6, 6.07) is 15.0. The number of rotatable bonds is 6. The molecule has 118 valence electrons. The Hall–Kier alpha value is -2.55. The lowest BCUT2D eigenvalue weighted by Crippen LogP contribution is -2.05. The van der Waals surface area contributed by atoms with Gasteiger partial charge in [0.15, 0.2) is 5.43 Å². The van der Waals surface area contributed by atoms with Gasteiger partial charge in [-0.05, 0) is 24.1 Å². The minimum absolute atomic E-state index is 0.0185. The van der Waals surface area contributed by atoms with E-state index >= 15 is 0 Å². The van der Waals surface area contributed by atoms with Crippen molar-refractivity contribution in [3.63, 3.8) is 0 Å². The van der Waals surface area contributed by atoms with Gasteiger partial charge < -0.3 is 9.15 Å². The van der Waals surface area contributed by atoms with Gasteiger partial charge in [0.25, 0.3) is 0 Å². The van der Waals surface area contributed by atoms with Crippen LogP contribution in [0.15, 0.2) is 64.0 Å². The molecule has 0 saturated carbocycles. The molecule has 3 heteroatoms. The summed E-state index contributed by atoms with van der Waals surface area (Å²) >= 11 is 0. The van der Waals surface area contributed by atoms with E-state index in [4.69, 9.17) is 9.15 Å². The monoisotopic (exact) mass is 308 g/mol. The molecule has 0 saturated heterocycles. The maximum atomic E-state index is 12.6. The van der Waals surface area contributed by atoms with E-state index < -0.39 is 0 Å². The van der Waals surface area contributed by atoms with Crippen LogP contribution in [-0.2, 0) is 0 Å². The highest BCUT2D eigenvalue weighted by atomic mass is 16.5. The third-order valence-electron chi connectivity index (χ3n) is 3.85. The highest BCUT2D eigenvalue weighted by Crippen LogP contribution is 2.23. The minimum Gasteiger partial charge on any atom is -0.493 e. The van der Waals surface area contributed by atoms with Gasteiger partial charge in [-0.15, -0.1) is 0 Å². The minimum atomic E-state index is -0.0185. The molecule has 23 heavy (non-hydrogen) atoms. The quantitative estimate of drug-likeness (QED) is 0.600. The van der Waals surface area contributed by atoms with Crippen LogP contribution in [-0.4, -0.2) is 6.61 Å². The van der Waals surface area contributed by atoms with Gasteiger partial charge in [-0.25, -0.2) is 0 Å². The van der Waals surface area contributed by atoms with Crippen molar-refractivity contribution in [3.8, 4) is 16.9 Å². The van der Waals surface area contributed by atoms with Gasteiger partial charge >= 0.3 is 0 Å². The molecule has 0 bridgehead atoms. The van der Waals surface area contributed by atoms with Crippen LogP contribution < -0.4 is 10.2 Å². The Morgan fingerprint density at radius 3 is 2.65 bits per heavy atom. The topological polar surface area (TPSA) is 39.4 Å². The molecule has 3 rings (SSSR count). The Balaban J connectivity index is 1.89. The average molecular weight is 308 g/mol. The fourth-order valence-electron chi connectivity index (χ4n) is 2.56. The number of hydrogen-bond donors (Lipinski definition) is 0. The van der Waals surface area contributed by atoms with E-state index in [9.17, 15) is 4.79 Å². The van der Waals surface area contributed by atoms with E-state index in [1.165, 1.54) is 6.26 Å². The van der Waals surface area contributed by atoms with Crippen molar-refractivity contribution < 1.29 is 9.15 Å². The molecule has 0 atom stereocenters. The maximum absolute atomic E-state index is 12.6. The summed E-state index contributed by atoms with van der Waals surface area (Å²) in [4.78, 5) is 12.6. The van der Waals surface area contributed by atoms with Crippen LogP contribution in [0.1, 0.15) is 26.2 Å². The number of unbranched alkanes of at least 4 members (excludes halogenated alkanes) is 2. The van der Waals surface area contributed by atoms with Crippen LogP contribution in [0.3, 0.4) is 0 Å². The number of hydrogen-bond acceptors (Lipinski definition) is 3. The van der Waals surface area contributed by atoms with Crippen LogP contribution in [0.5, 0.6) is 5.75 Å². The molecule has 1 aromatic heterocycles. The fourth-order valence-corrected chi connectivity index (χ4v) is 2.56. The third kappa shape index (κ3) is 3.45. The first-order chi connectivity index (χ1) is 11.3. The number of benzene rings is 2. The molecule has 0 unspecified atom stereocenters. The Labute approximate surface area is 135 Å². The Bertz CT molecular complexity index is 834. The zero-order chi connectivity index (χ0) is 16.1. The zero-order valence-electron chi connectivity index (χ0n) is 13.2. The molecular formula is C20H20O3. The molecule has 0 fully saturated rings. The Morgan fingerprint density at radius 1 is 1.04 bits per heavy atom. The molecule has 0 spiro atoms. The van der Waals surface area contributed by atoms with Crippen molar-refractivity contribution in [2.75, 3.05) is 6.61 Å². The molecule has 0 radical (unpaired) electrons. The Morgan fingerprint density at radius 2 is 1.87 bits per heavy atom. The molecule has 3 nitrogen and oxygen atoms in total.